The molecule has 1 saturated heterocycles. The zero-order chi connectivity index (χ0) is 23.1. The third kappa shape index (κ3) is 3.48. The highest BCUT2D eigenvalue weighted by Crippen LogP contribution is 2.50. The van der Waals surface area contributed by atoms with Crippen molar-refractivity contribution in [2.75, 3.05) is 43.5 Å². The average molecular weight is 448 g/mol. The van der Waals surface area contributed by atoms with E-state index in [1.807, 2.05) is 0 Å². The summed E-state index contributed by atoms with van der Waals surface area (Å²) in [7, 11) is 1.68. The predicted molar refractivity (Wildman–Crippen MR) is 121 cm³/mol. The van der Waals surface area contributed by atoms with E-state index in [-0.39, 0.29) is 11.7 Å². The van der Waals surface area contributed by atoms with Crippen molar-refractivity contribution in [3.8, 4) is 28.3 Å². The second kappa shape index (κ2) is 8.39. The minimum Gasteiger partial charge on any atom is -0.388 e. The van der Waals surface area contributed by atoms with E-state index in [4.69, 9.17) is 10.5 Å². The molecule has 3 N–H and O–H groups in total. The quantitative estimate of drug-likeness (QED) is 0.495. The maximum atomic E-state index is 15.3. The summed E-state index contributed by atoms with van der Waals surface area (Å²) in [5.74, 6) is -1.81. The standard InChI is InChI=1S/C24H22F2N6O/c1-29-19-6-18(25)23(26)21-16(19)5-20-22(21)24(32-2-3-33-15(8-28)12-32)17(11-31-20)14-4-13(7-27)9-30-10-14/h4,6,9-11,15,29H,2-3,5,8,12,28H2,1H3. The monoisotopic (exact) mass is 448 g/mol. The van der Waals surface area contributed by atoms with Gasteiger partial charge in [-0.1, -0.05) is 0 Å². The van der Waals surface area contributed by atoms with Crippen molar-refractivity contribution in [1.29, 1.82) is 5.26 Å². The van der Waals surface area contributed by atoms with Gasteiger partial charge in [-0.25, -0.2) is 8.78 Å². The molecule has 2 aromatic heterocycles. The van der Waals surface area contributed by atoms with E-state index in [0.717, 1.165) is 5.69 Å². The van der Waals surface area contributed by atoms with Crippen molar-refractivity contribution in [2.45, 2.75) is 12.5 Å². The Morgan fingerprint density at radius 2 is 2.12 bits per heavy atom. The number of aromatic nitrogens is 2. The van der Waals surface area contributed by atoms with Crippen LogP contribution >= 0.6 is 0 Å². The number of nitriles is 1. The van der Waals surface area contributed by atoms with Crippen LogP contribution in [0.5, 0.6) is 0 Å². The molecule has 3 aromatic rings. The number of nitrogens with zero attached hydrogens (tertiary/aromatic N) is 4. The Morgan fingerprint density at radius 3 is 2.88 bits per heavy atom. The molecule has 5 rings (SSSR count). The average Bonchev–Trinajstić information content (AvgIpc) is 3.25. The van der Waals surface area contributed by atoms with Gasteiger partial charge in [-0.2, -0.15) is 5.26 Å². The molecule has 1 aliphatic carbocycles. The molecule has 0 amide bonds. The molecule has 1 fully saturated rings. The largest absolute Gasteiger partial charge is 0.388 e. The van der Waals surface area contributed by atoms with Crippen LogP contribution in [0.15, 0.2) is 30.7 Å². The molecule has 0 bridgehead atoms. The molecular formula is C24H22F2N6O. The van der Waals surface area contributed by atoms with Gasteiger partial charge in [-0.15, -0.1) is 0 Å². The number of rotatable bonds is 4. The van der Waals surface area contributed by atoms with Crippen molar-refractivity contribution in [2.24, 2.45) is 5.73 Å². The van der Waals surface area contributed by atoms with Gasteiger partial charge < -0.3 is 20.7 Å². The summed E-state index contributed by atoms with van der Waals surface area (Å²) in [4.78, 5) is 10.9. The van der Waals surface area contributed by atoms with Crippen LogP contribution in [-0.4, -0.2) is 49.4 Å². The Hall–Kier alpha value is -3.61. The first-order chi connectivity index (χ1) is 16.0. The van der Waals surface area contributed by atoms with Crippen molar-refractivity contribution < 1.29 is 13.5 Å². The topological polar surface area (TPSA) is 100 Å². The van der Waals surface area contributed by atoms with Gasteiger partial charge in [0.15, 0.2) is 11.6 Å². The van der Waals surface area contributed by atoms with Gasteiger partial charge in [0.2, 0.25) is 0 Å². The van der Waals surface area contributed by atoms with Gasteiger partial charge in [-0.05, 0) is 11.6 Å². The highest BCUT2D eigenvalue weighted by atomic mass is 19.2. The Morgan fingerprint density at radius 1 is 1.27 bits per heavy atom. The second-order valence-corrected chi connectivity index (χ2v) is 8.09. The lowest BCUT2D eigenvalue weighted by molar-refractivity contribution is 0.0466. The van der Waals surface area contributed by atoms with Crippen molar-refractivity contribution in [3.63, 3.8) is 0 Å². The fourth-order valence-electron chi connectivity index (χ4n) is 4.69. The van der Waals surface area contributed by atoms with E-state index in [1.165, 1.54) is 12.3 Å². The molecule has 0 radical (unpaired) electrons. The SMILES string of the molecule is CNc1cc(F)c(F)c2c1Cc1ncc(-c3cncc(C#N)c3)c(N3CCOC(CN)C3)c1-2. The number of hydrogen-bond acceptors (Lipinski definition) is 7. The summed E-state index contributed by atoms with van der Waals surface area (Å²) < 4.78 is 35.6. The summed E-state index contributed by atoms with van der Waals surface area (Å²) in [5.41, 5.74) is 11.0. The molecule has 9 heteroatoms. The van der Waals surface area contributed by atoms with Gasteiger partial charge in [-0.3, -0.25) is 9.97 Å². The summed E-state index contributed by atoms with van der Waals surface area (Å²) in [6.45, 7) is 1.84. The van der Waals surface area contributed by atoms with Crippen LogP contribution in [0.2, 0.25) is 0 Å². The van der Waals surface area contributed by atoms with Crippen LogP contribution < -0.4 is 16.0 Å². The molecule has 2 aliphatic rings. The predicted octanol–water partition coefficient (Wildman–Crippen LogP) is 3.07. The lowest BCUT2D eigenvalue weighted by Gasteiger charge is -2.36. The molecule has 0 saturated carbocycles. The fourth-order valence-corrected chi connectivity index (χ4v) is 4.69. The molecule has 1 unspecified atom stereocenters. The molecule has 1 atom stereocenters. The molecule has 1 aliphatic heterocycles. The molecule has 0 spiro atoms. The molecular weight excluding hydrogens is 426 g/mol. The summed E-state index contributed by atoms with van der Waals surface area (Å²) >= 11 is 0. The van der Waals surface area contributed by atoms with Gasteiger partial charge in [0, 0.05) is 85.7 Å². The third-order valence-electron chi connectivity index (χ3n) is 6.22. The van der Waals surface area contributed by atoms with E-state index in [0.29, 0.717) is 71.9 Å². The van der Waals surface area contributed by atoms with Gasteiger partial charge in [0.25, 0.3) is 0 Å². The Kier molecular flexibility index (Phi) is 5.40. The van der Waals surface area contributed by atoms with E-state index < -0.39 is 11.6 Å². The van der Waals surface area contributed by atoms with Gasteiger partial charge in [0.1, 0.15) is 6.07 Å². The van der Waals surface area contributed by atoms with E-state index in [1.54, 1.807) is 25.5 Å². The smallest absolute Gasteiger partial charge is 0.167 e. The number of hydrogen-bond donors (Lipinski definition) is 2. The van der Waals surface area contributed by atoms with Crippen LogP contribution in [0, 0.1) is 23.0 Å². The third-order valence-corrected chi connectivity index (χ3v) is 6.22. The molecule has 7 nitrogen and oxygen atoms in total. The second-order valence-electron chi connectivity index (χ2n) is 8.09. The summed E-state index contributed by atoms with van der Waals surface area (Å²) in [6.07, 6.45) is 5.04. The maximum absolute atomic E-state index is 15.3. The number of pyridine rings is 2. The van der Waals surface area contributed by atoms with Crippen molar-refractivity contribution in [3.05, 3.63) is 59.2 Å². The van der Waals surface area contributed by atoms with E-state index >= 15 is 4.39 Å². The molecule has 168 valence electrons. The minimum absolute atomic E-state index is 0.190. The van der Waals surface area contributed by atoms with Crippen molar-refractivity contribution >= 4 is 11.4 Å². The number of benzene rings is 1. The zero-order valence-corrected chi connectivity index (χ0v) is 18.0. The number of anilines is 2. The first-order valence-electron chi connectivity index (χ1n) is 10.7. The highest BCUT2D eigenvalue weighted by Gasteiger charge is 2.35. The number of nitrogens with two attached hydrogens (primary N) is 1. The summed E-state index contributed by atoms with van der Waals surface area (Å²) in [5, 5.41) is 12.3. The number of ether oxygens (including phenoxy) is 1. The number of nitrogens with one attached hydrogen (secondary N) is 1. The van der Waals surface area contributed by atoms with Crippen LogP contribution in [0.4, 0.5) is 20.2 Å². The van der Waals surface area contributed by atoms with Crippen LogP contribution in [0.25, 0.3) is 22.3 Å². The minimum atomic E-state index is -0.919. The van der Waals surface area contributed by atoms with E-state index in [9.17, 15) is 9.65 Å². The van der Waals surface area contributed by atoms with Crippen LogP contribution in [-0.2, 0) is 11.2 Å². The number of fused-ring (bicyclic) bond motifs is 3. The molecule has 33 heavy (non-hydrogen) atoms. The first kappa shape index (κ1) is 21.2. The molecule has 3 heterocycles. The summed E-state index contributed by atoms with van der Waals surface area (Å²) in [6, 6.07) is 5.00. The molecule has 1 aromatic carbocycles. The van der Waals surface area contributed by atoms with Crippen LogP contribution in [0.1, 0.15) is 16.8 Å². The Bertz CT molecular complexity index is 1290. The van der Waals surface area contributed by atoms with Crippen molar-refractivity contribution in [1.82, 2.24) is 9.97 Å². The Balaban J connectivity index is 1.80. The maximum Gasteiger partial charge on any atom is 0.167 e. The zero-order valence-electron chi connectivity index (χ0n) is 18.0. The lowest BCUT2D eigenvalue weighted by atomic mass is 9.96. The number of halogens is 2. The Labute approximate surface area is 189 Å². The fraction of sp³-hybridized carbons (Fsp3) is 0.292. The normalized spacial score (nSPS) is 16.8. The van der Waals surface area contributed by atoms with Gasteiger partial charge >= 0.3 is 0 Å². The van der Waals surface area contributed by atoms with E-state index in [2.05, 4.69) is 26.3 Å². The first-order valence-corrected chi connectivity index (χ1v) is 10.7. The van der Waals surface area contributed by atoms with Crippen LogP contribution in [0.3, 0.4) is 0 Å². The highest BCUT2D eigenvalue weighted by molar-refractivity contribution is 5.96. The van der Waals surface area contributed by atoms with Gasteiger partial charge in [0.05, 0.1) is 29.7 Å². The number of morpholine rings is 1. The lowest BCUT2D eigenvalue weighted by Crippen LogP contribution is -2.46.